The summed E-state index contributed by atoms with van der Waals surface area (Å²) in [5.41, 5.74) is 2.65. The third kappa shape index (κ3) is 2.12. The summed E-state index contributed by atoms with van der Waals surface area (Å²) in [6, 6.07) is 12.9. The van der Waals surface area contributed by atoms with Gasteiger partial charge < -0.3 is 4.57 Å². The highest BCUT2D eigenvalue weighted by molar-refractivity contribution is 5.36. The van der Waals surface area contributed by atoms with Crippen LogP contribution in [-0.2, 0) is 0 Å². The van der Waals surface area contributed by atoms with Gasteiger partial charge in [-0.15, -0.1) is 0 Å². The Morgan fingerprint density at radius 3 is 2.20 bits per heavy atom. The smallest absolute Gasteiger partial charge is 0.0449 e. The maximum atomic E-state index is 2.27. The van der Waals surface area contributed by atoms with Gasteiger partial charge in [0.2, 0.25) is 0 Å². The summed E-state index contributed by atoms with van der Waals surface area (Å²) in [4.78, 5) is 0. The zero-order valence-corrected chi connectivity index (χ0v) is 9.35. The molecule has 0 aliphatic carbocycles. The number of aromatic nitrogens is 1. The Morgan fingerprint density at radius 2 is 1.67 bits per heavy atom. The molecule has 0 aliphatic heterocycles. The number of nitrogens with zero attached hydrogens (tertiary/aromatic N) is 1. The molecule has 1 heterocycles. The van der Waals surface area contributed by atoms with Crippen molar-refractivity contribution >= 4 is 0 Å². The molecular weight excluding hydrogens is 182 g/mol. The minimum absolute atomic E-state index is 0.656. The van der Waals surface area contributed by atoms with Crippen molar-refractivity contribution in [1.82, 2.24) is 4.57 Å². The molecule has 1 nitrogen and oxygen atoms in total. The van der Waals surface area contributed by atoms with E-state index in [-0.39, 0.29) is 0 Å². The molecule has 0 radical (unpaired) electrons. The highest BCUT2D eigenvalue weighted by Crippen LogP contribution is 2.20. The lowest BCUT2D eigenvalue weighted by Crippen LogP contribution is -1.93. The fraction of sp³-hybridized carbons (Fsp3) is 0.286. The SMILES string of the molecule is CCC(C)c1ccc(-n2cccc2)cc1. The van der Waals surface area contributed by atoms with Crippen molar-refractivity contribution in [3.63, 3.8) is 0 Å². The quantitative estimate of drug-likeness (QED) is 0.704. The zero-order valence-electron chi connectivity index (χ0n) is 9.35. The van der Waals surface area contributed by atoms with Crippen LogP contribution in [0.2, 0.25) is 0 Å². The van der Waals surface area contributed by atoms with Gasteiger partial charge >= 0.3 is 0 Å². The van der Waals surface area contributed by atoms with Crippen molar-refractivity contribution in [2.24, 2.45) is 0 Å². The molecule has 0 bridgehead atoms. The van der Waals surface area contributed by atoms with Gasteiger partial charge in [-0.2, -0.15) is 0 Å². The van der Waals surface area contributed by atoms with Crippen molar-refractivity contribution in [3.05, 3.63) is 54.4 Å². The van der Waals surface area contributed by atoms with Crippen LogP contribution >= 0.6 is 0 Å². The molecule has 1 atom stereocenters. The molecule has 15 heavy (non-hydrogen) atoms. The summed E-state index contributed by atoms with van der Waals surface area (Å²) in [6.45, 7) is 4.50. The van der Waals surface area contributed by atoms with E-state index in [4.69, 9.17) is 0 Å². The van der Waals surface area contributed by atoms with Crippen LogP contribution in [0.1, 0.15) is 31.7 Å². The molecule has 0 amide bonds. The van der Waals surface area contributed by atoms with E-state index in [2.05, 4.69) is 55.1 Å². The molecule has 1 heteroatoms. The zero-order chi connectivity index (χ0) is 10.7. The van der Waals surface area contributed by atoms with E-state index in [0.29, 0.717) is 5.92 Å². The molecule has 78 valence electrons. The van der Waals surface area contributed by atoms with Gasteiger partial charge in [0.25, 0.3) is 0 Å². The Morgan fingerprint density at radius 1 is 1.07 bits per heavy atom. The molecule has 2 rings (SSSR count). The van der Waals surface area contributed by atoms with Gasteiger partial charge in [0.1, 0.15) is 0 Å². The standard InChI is InChI=1S/C14H17N/c1-3-12(2)13-6-8-14(9-7-13)15-10-4-5-11-15/h4-12H,3H2,1-2H3. The Labute approximate surface area is 91.4 Å². The van der Waals surface area contributed by atoms with Gasteiger partial charge in [0, 0.05) is 18.1 Å². The molecule has 0 spiro atoms. The molecule has 1 unspecified atom stereocenters. The first kappa shape index (κ1) is 10.0. The first-order chi connectivity index (χ1) is 7.31. The van der Waals surface area contributed by atoms with E-state index in [1.54, 1.807) is 0 Å². The second kappa shape index (κ2) is 4.35. The van der Waals surface area contributed by atoms with Gasteiger partial charge in [0.05, 0.1) is 0 Å². The van der Waals surface area contributed by atoms with Crippen LogP contribution in [0.3, 0.4) is 0 Å². The Balaban J connectivity index is 2.25. The van der Waals surface area contributed by atoms with Crippen molar-refractivity contribution in [2.45, 2.75) is 26.2 Å². The lowest BCUT2D eigenvalue weighted by atomic mass is 9.99. The van der Waals surface area contributed by atoms with Crippen molar-refractivity contribution in [1.29, 1.82) is 0 Å². The van der Waals surface area contributed by atoms with Crippen LogP contribution in [0.25, 0.3) is 5.69 Å². The highest BCUT2D eigenvalue weighted by Gasteiger charge is 2.02. The average Bonchev–Trinajstić information content (AvgIpc) is 2.82. The van der Waals surface area contributed by atoms with Crippen LogP contribution in [0, 0.1) is 0 Å². The predicted octanol–water partition coefficient (Wildman–Crippen LogP) is 3.99. The van der Waals surface area contributed by atoms with Crippen LogP contribution in [-0.4, -0.2) is 4.57 Å². The largest absolute Gasteiger partial charge is 0.324 e. The topological polar surface area (TPSA) is 4.93 Å². The van der Waals surface area contributed by atoms with Gasteiger partial charge in [0.15, 0.2) is 0 Å². The molecule has 0 fully saturated rings. The molecule has 0 saturated carbocycles. The number of rotatable bonds is 3. The summed E-state index contributed by atoms with van der Waals surface area (Å²) in [5, 5.41) is 0. The lowest BCUT2D eigenvalue weighted by Gasteiger charge is -2.10. The first-order valence-electron chi connectivity index (χ1n) is 5.54. The number of hydrogen-bond acceptors (Lipinski definition) is 0. The second-order valence-electron chi connectivity index (χ2n) is 3.99. The van der Waals surface area contributed by atoms with Crippen molar-refractivity contribution in [3.8, 4) is 5.69 Å². The Kier molecular flexibility index (Phi) is 2.91. The third-order valence-electron chi connectivity index (χ3n) is 2.98. The van der Waals surface area contributed by atoms with Crippen LogP contribution < -0.4 is 0 Å². The van der Waals surface area contributed by atoms with Gasteiger partial charge in [-0.25, -0.2) is 0 Å². The molecule has 1 aromatic heterocycles. The molecule has 0 saturated heterocycles. The second-order valence-corrected chi connectivity index (χ2v) is 3.99. The fourth-order valence-electron chi connectivity index (χ4n) is 1.72. The lowest BCUT2D eigenvalue weighted by molar-refractivity contribution is 0.733. The molecular formula is C14H17N. The summed E-state index contributed by atoms with van der Waals surface area (Å²) >= 11 is 0. The van der Waals surface area contributed by atoms with E-state index in [1.807, 2.05) is 12.1 Å². The van der Waals surface area contributed by atoms with Crippen molar-refractivity contribution < 1.29 is 0 Å². The monoisotopic (exact) mass is 199 g/mol. The third-order valence-corrected chi connectivity index (χ3v) is 2.98. The Bertz CT molecular complexity index is 397. The van der Waals surface area contributed by atoms with Crippen LogP contribution in [0.4, 0.5) is 0 Å². The van der Waals surface area contributed by atoms with Gasteiger partial charge in [-0.3, -0.25) is 0 Å². The van der Waals surface area contributed by atoms with Gasteiger partial charge in [-0.1, -0.05) is 26.0 Å². The molecule has 2 aromatic rings. The van der Waals surface area contributed by atoms with E-state index >= 15 is 0 Å². The molecule has 0 N–H and O–H groups in total. The van der Waals surface area contributed by atoms with Crippen LogP contribution in [0.5, 0.6) is 0 Å². The van der Waals surface area contributed by atoms with E-state index < -0.39 is 0 Å². The average molecular weight is 199 g/mol. The maximum absolute atomic E-state index is 2.27. The van der Waals surface area contributed by atoms with E-state index in [0.717, 1.165) is 0 Å². The van der Waals surface area contributed by atoms with Crippen LogP contribution in [0.15, 0.2) is 48.8 Å². The van der Waals surface area contributed by atoms with Crippen molar-refractivity contribution in [2.75, 3.05) is 0 Å². The first-order valence-corrected chi connectivity index (χ1v) is 5.54. The maximum Gasteiger partial charge on any atom is 0.0449 e. The minimum Gasteiger partial charge on any atom is -0.324 e. The van der Waals surface area contributed by atoms with E-state index in [1.165, 1.54) is 17.7 Å². The Hall–Kier alpha value is -1.50. The number of hydrogen-bond donors (Lipinski definition) is 0. The summed E-state index contributed by atoms with van der Waals surface area (Å²) < 4.78 is 2.13. The fourth-order valence-corrected chi connectivity index (χ4v) is 1.72. The summed E-state index contributed by atoms with van der Waals surface area (Å²) in [5.74, 6) is 0.656. The predicted molar refractivity (Wildman–Crippen MR) is 64.5 cm³/mol. The molecule has 0 aliphatic rings. The minimum atomic E-state index is 0.656. The van der Waals surface area contributed by atoms with E-state index in [9.17, 15) is 0 Å². The highest BCUT2D eigenvalue weighted by atomic mass is 14.9. The normalized spacial score (nSPS) is 12.7. The van der Waals surface area contributed by atoms with Gasteiger partial charge in [-0.05, 0) is 42.2 Å². The molecule has 1 aromatic carbocycles. The number of benzene rings is 1. The summed E-state index contributed by atoms with van der Waals surface area (Å²) in [7, 11) is 0. The summed E-state index contributed by atoms with van der Waals surface area (Å²) in [6.07, 6.45) is 5.33.